The maximum atomic E-state index is 14.9. The van der Waals surface area contributed by atoms with Crippen molar-refractivity contribution in [3.05, 3.63) is 76.5 Å². The number of hydrogen-bond acceptors (Lipinski definition) is 9. The molecule has 0 fully saturated rings. The Bertz CT molecular complexity index is 1670. The number of rotatable bonds is 9. The maximum absolute atomic E-state index is 14.9. The molecule has 3 N–H and O–H groups in total. The highest BCUT2D eigenvalue weighted by Crippen LogP contribution is 2.39. The minimum atomic E-state index is -4.37. The van der Waals surface area contributed by atoms with Gasteiger partial charge in [-0.3, -0.25) is 19.3 Å². The predicted molar refractivity (Wildman–Crippen MR) is 141 cm³/mol. The van der Waals surface area contributed by atoms with Crippen LogP contribution in [0.3, 0.4) is 0 Å². The van der Waals surface area contributed by atoms with Crippen LogP contribution in [0.25, 0.3) is 11.1 Å². The van der Waals surface area contributed by atoms with Gasteiger partial charge >= 0.3 is 5.97 Å². The minimum Gasteiger partial charge on any atom is -0.480 e. The monoisotopic (exact) mass is 611 g/mol. The van der Waals surface area contributed by atoms with Gasteiger partial charge in [0.25, 0.3) is 15.9 Å². The molecule has 0 aliphatic heterocycles. The third-order valence-electron chi connectivity index (χ3n) is 5.04. The summed E-state index contributed by atoms with van der Waals surface area (Å²) in [6.07, 6.45) is 2.47. The van der Waals surface area contributed by atoms with Gasteiger partial charge in [-0.1, -0.05) is 23.2 Å². The number of anilines is 1. The van der Waals surface area contributed by atoms with Crippen molar-refractivity contribution in [1.29, 1.82) is 0 Å². The van der Waals surface area contributed by atoms with Crippen LogP contribution in [-0.4, -0.2) is 45.8 Å². The number of aliphatic carboxylic acids is 1. The second kappa shape index (κ2) is 11.5. The van der Waals surface area contributed by atoms with Crippen LogP contribution in [0.15, 0.2) is 59.9 Å². The van der Waals surface area contributed by atoms with Gasteiger partial charge in [0.05, 0.1) is 5.02 Å². The summed E-state index contributed by atoms with van der Waals surface area (Å²) in [5.41, 5.74) is 0.692. The van der Waals surface area contributed by atoms with Gasteiger partial charge in [0, 0.05) is 34.4 Å². The fraction of sp³-hybridized carbons (Fsp3) is 0.0870. The van der Waals surface area contributed by atoms with Gasteiger partial charge in [0.15, 0.2) is 0 Å². The van der Waals surface area contributed by atoms with Gasteiger partial charge < -0.3 is 15.2 Å². The Hall–Kier alpha value is -3.85. The Kier molecular flexibility index (Phi) is 8.30. The summed E-state index contributed by atoms with van der Waals surface area (Å²) in [4.78, 5) is 30.5. The summed E-state index contributed by atoms with van der Waals surface area (Å²) in [5, 5.41) is 11.4. The minimum absolute atomic E-state index is 0.0560. The predicted octanol–water partition coefficient (Wildman–Crippen LogP) is 4.84. The van der Waals surface area contributed by atoms with E-state index >= 15 is 0 Å². The van der Waals surface area contributed by atoms with E-state index in [0.717, 1.165) is 30.0 Å². The quantitative estimate of drug-likeness (QED) is 0.240. The molecule has 2 aromatic carbocycles. The van der Waals surface area contributed by atoms with E-state index in [1.54, 1.807) is 6.07 Å². The Labute approximate surface area is 234 Å². The van der Waals surface area contributed by atoms with Gasteiger partial charge in [0.2, 0.25) is 5.13 Å². The molecule has 16 heteroatoms. The zero-order chi connectivity index (χ0) is 28.3. The van der Waals surface area contributed by atoms with Crippen molar-refractivity contribution in [1.82, 2.24) is 19.7 Å². The van der Waals surface area contributed by atoms with Crippen LogP contribution in [0, 0.1) is 5.82 Å². The van der Waals surface area contributed by atoms with E-state index in [2.05, 4.69) is 24.4 Å². The number of hydrogen-bond donors (Lipinski definition) is 3. The Balaban J connectivity index is 1.66. The molecular formula is C23H16Cl2FN5O6S2. The van der Waals surface area contributed by atoms with Crippen LogP contribution in [0.1, 0.15) is 17.4 Å². The van der Waals surface area contributed by atoms with Crippen LogP contribution < -0.4 is 14.8 Å². The molecule has 1 unspecified atom stereocenters. The van der Waals surface area contributed by atoms with E-state index in [0.29, 0.717) is 16.1 Å². The lowest BCUT2D eigenvalue weighted by atomic mass is 10.0. The molecule has 0 bridgehead atoms. The topological polar surface area (TPSA) is 160 Å². The molecule has 39 heavy (non-hydrogen) atoms. The van der Waals surface area contributed by atoms with Gasteiger partial charge in [-0.05, 0) is 48.9 Å². The summed E-state index contributed by atoms with van der Waals surface area (Å²) in [6.45, 7) is 1.30. The molecule has 1 atom stereocenters. The summed E-state index contributed by atoms with van der Waals surface area (Å²) >= 11 is 13.2. The highest BCUT2D eigenvalue weighted by molar-refractivity contribution is 7.93. The highest BCUT2D eigenvalue weighted by Gasteiger charge is 2.24. The first-order valence-electron chi connectivity index (χ1n) is 10.7. The first kappa shape index (κ1) is 28.2. The number of carboxylic acids is 1. The van der Waals surface area contributed by atoms with E-state index in [-0.39, 0.29) is 27.3 Å². The van der Waals surface area contributed by atoms with E-state index in [1.165, 1.54) is 37.4 Å². The molecule has 11 nitrogen and oxygen atoms in total. The summed E-state index contributed by atoms with van der Waals surface area (Å²) in [5.74, 6) is -3.14. The molecule has 2 heterocycles. The van der Waals surface area contributed by atoms with Gasteiger partial charge in [-0.2, -0.15) is 4.37 Å². The number of halogens is 3. The zero-order valence-electron chi connectivity index (χ0n) is 19.6. The normalized spacial score (nSPS) is 12.0. The number of sulfonamides is 1. The molecule has 0 radical (unpaired) electrons. The number of nitrogens with zero attached hydrogens (tertiary/aromatic N) is 3. The zero-order valence-corrected chi connectivity index (χ0v) is 22.7. The number of carbonyl (C=O) groups is 2. The number of pyridine rings is 1. The first-order valence-corrected chi connectivity index (χ1v) is 13.7. The fourth-order valence-corrected chi connectivity index (χ4v) is 5.36. The summed E-state index contributed by atoms with van der Waals surface area (Å²) < 4.78 is 51.8. The van der Waals surface area contributed by atoms with E-state index in [4.69, 9.17) is 33.0 Å². The molecule has 0 saturated carbocycles. The number of benzene rings is 2. The summed E-state index contributed by atoms with van der Waals surface area (Å²) in [7, 11) is -4.37. The average Bonchev–Trinajstić information content (AvgIpc) is 3.39. The molecule has 0 aliphatic carbocycles. The lowest BCUT2D eigenvalue weighted by Crippen LogP contribution is -2.38. The summed E-state index contributed by atoms with van der Waals surface area (Å²) in [6, 6.07) is 7.98. The highest BCUT2D eigenvalue weighted by atomic mass is 35.5. The molecule has 202 valence electrons. The van der Waals surface area contributed by atoms with Gasteiger partial charge in [0.1, 0.15) is 40.3 Å². The van der Waals surface area contributed by atoms with Crippen molar-refractivity contribution in [3.8, 4) is 22.6 Å². The molecule has 4 rings (SSSR count). The van der Waals surface area contributed by atoms with E-state index < -0.39 is 38.7 Å². The van der Waals surface area contributed by atoms with Crippen LogP contribution >= 0.6 is 34.7 Å². The van der Waals surface area contributed by atoms with E-state index in [9.17, 15) is 22.4 Å². The number of amides is 1. The standard InChI is InChI=1S/C23H16Cl2FN5O6S2/c1-11(22(33)34)30-21(32)17-6-12(4-5-27-17)14-7-13(24)2-3-18(14)37-19-9-16(26)20(8-15(19)25)39(35,36)31-23-28-10-29-38-23/h2-11H,1H3,(H,30,32)(H,33,34)(H,28,29,31). The largest absolute Gasteiger partial charge is 0.480 e. The Morgan fingerprint density at radius 1 is 1.10 bits per heavy atom. The molecule has 0 saturated heterocycles. The van der Waals surface area contributed by atoms with Gasteiger partial charge in [-0.25, -0.2) is 17.8 Å². The van der Waals surface area contributed by atoms with Crippen LogP contribution in [0.5, 0.6) is 11.5 Å². The van der Waals surface area contributed by atoms with Crippen molar-refractivity contribution in [2.45, 2.75) is 17.9 Å². The number of ether oxygens (including phenoxy) is 1. The number of carbonyl (C=O) groups excluding carboxylic acids is 1. The number of nitrogens with one attached hydrogen (secondary N) is 2. The molecule has 2 aromatic heterocycles. The number of aromatic nitrogens is 3. The second-order valence-electron chi connectivity index (χ2n) is 7.77. The van der Waals surface area contributed by atoms with Crippen molar-refractivity contribution in [2.75, 3.05) is 4.72 Å². The fourth-order valence-electron chi connectivity index (χ4n) is 3.17. The van der Waals surface area contributed by atoms with Crippen molar-refractivity contribution in [3.63, 3.8) is 0 Å². The second-order valence-corrected chi connectivity index (χ2v) is 11.0. The van der Waals surface area contributed by atoms with Crippen molar-refractivity contribution < 1.29 is 32.2 Å². The Morgan fingerprint density at radius 2 is 1.87 bits per heavy atom. The average molecular weight is 612 g/mol. The SMILES string of the molecule is CC(NC(=O)c1cc(-c2cc(Cl)ccc2Oc2cc(F)c(S(=O)(=O)Nc3ncns3)cc2Cl)ccn1)C(=O)O. The third-order valence-corrected chi connectivity index (χ3v) is 7.64. The maximum Gasteiger partial charge on any atom is 0.325 e. The number of carboxylic acid groups (broad SMARTS) is 1. The van der Waals surface area contributed by atoms with Crippen LogP contribution in [0.2, 0.25) is 10.0 Å². The molecule has 0 aliphatic rings. The third kappa shape index (κ3) is 6.60. The Morgan fingerprint density at radius 3 is 2.56 bits per heavy atom. The van der Waals surface area contributed by atoms with Crippen molar-refractivity contribution >= 4 is 61.8 Å². The lowest BCUT2D eigenvalue weighted by molar-refractivity contribution is -0.138. The van der Waals surface area contributed by atoms with Crippen LogP contribution in [0.4, 0.5) is 9.52 Å². The van der Waals surface area contributed by atoms with Gasteiger partial charge in [-0.15, -0.1) is 0 Å². The first-order chi connectivity index (χ1) is 18.4. The molecular weight excluding hydrogens is 596 g/mol. The smallest absolute Gasteiger partial charge is 0.325 e. The van der Waals surface area contributed by atoms with Crippen LogP contribution in [-0.2, 0) is 14.8 Å². The van der Waals surface area contributed by atoms with Crippen molar-refractivity contribution in [2.24, 2.45) is 0 Å². The molecule has 0 spiro atoms. The molecule has 1 amide bonds. The lowest BCUT2D eigenvalue weighted by Gasteiger charge is -2.15. The van der Waals surface area contributed by atoms with E-state index in [1.807, 2.05) is 0 Å². The molecule has 4 aromatic rings.